The van der Waals surface area contributed by atoms with Gasteiger partial charge >= 0.3 is 12.4 Å². The van der Waals surface area contributed by atoms with Crippen LogP contribution in [0.4, 0.5) is 32.0 Å². The number of amides is 1. The van der Waals surface area contributed by atoms with Crippen LogP contribution >= 0.6 is 23.2 Å². The van der Waals surface area contributed by atoms with Gasteiger partial charge in [-0.25, -0.2) is 5.43 Å². The number of aromatic nitrogens is 2. The lowest BCUT2D eigenvalue weighted by molar-refractivity contribution is -0.144. The maximum atomic E-state index is 13.1. The molecule has 2 heterocycles. The minimum absolute atomic E-state index is 0.0783. The number of para-hydroxylation sites is 1. The molecule has 1 amide bonds. The molecule has 2 aromatic rings. The number of benzene rings is 1. The lowest BCUT2D eigenvalue weighted by Gasteiger charge is -2.28. The molecule has 1 aliphatic heterocycles. The van der Waals surface area contributed by atoms with E-state index in [-0.39, 0.29) is 33.2 Å². The van der Waals surface area contributed by atoms with Gasteiger partial charge in [-0.2, -0.15) is 31.1 Å². The third-order valence-corrected chi connectivity index (χ3v) is 4.52. The Hall–Kier alpha value is -2.66. The summed E-state index contributed by atoms with van der Waals surface area (Å²) in [6.45, 7) is 0.0783. The molecule has 0 saturated heterocycles. The van der Waals surface area contributed by atoms with Crippen LogP contribution in [0.3, 0.4) is 0 Å². The Balaban J connectivity index is 1.98. The molecule has 0 radical (unpaired) electrons. The smallest absolute Gasteiger partial charge is 0.326 e. The quantitative estimate of drug-likeness (QED) is 0.502. The normalized spacial score (nSPS) is 15.3. The molecule has 0 bridgehead atoms. The number of rotatable bonds is 3. The van der Waals surface area contributed by atoms with Gasteiger partial charge in [0.2, 0.25) is 0 Å². The van der Waals surface area contributed by atoms with Gasteiger partial charge in [-0.15, -0.1) is 5.10 Å². The van der Waals surface area contributed by atoms with Gasteiger partial charge in [0.25, 0.3) is 5.91 Å². The fourth-order valence-corrected chi connectivity index (χ4v) is 3.09. The fraction of sp³-hybridized carbons (Fsp3) is 0.176. The highest BCUT2D eigenvalue weighted by molar-refractivity contribution is 6.36. The third-order valence-electron chi connectivity index (χ3n) is 3.88. The summed E-state index contributed by atoms with van der Waals surface area (Å²) in [5, 5.41) is 2.76. The summed E-state index contributed by atoms with van der Waals surface area (Å²) in [4.78, 5) is 13.7. The number of alkyl halides is 6. The minimum Gasteiger partial charge on any atom is -0.326 e. The molecule has 5 nitrogen and oxygen atoms in total. The highest BCUT2D eigenvalue weighted by atomic mass is 35.5. The van der Waals surface area contributed by atoms with E-state index >= 15 is 0 Å². The summed E-state index contributed by atoms with van der Waals surface area (Å²) in [5.41, 5.74) is -1.78. The van der Waals surface area contributed by atoms with Gasteiger partial charge in [0.1, 0.15) is 5.16 Å². The van der Waals surface area contributed by atoms with E-state index in [2.05, 4.69) is 5.10 Å². The summed E-state index contributed by atoms with van der Waals surface area (Å²) < 4.78 is 77.7. The molecule has 13 heteroatoms. The average Bonchev–Trinajstić information content (AvgIpc) is 3.08. The van der Waals surface area contributed by atoms with E-state index in [1.807, 2.05) is 0 Å². The van der Waals surface area contributed by atoms with Gasteiger partial charge < -0.3 is 4.90 Å². The van der Waals surface area contributed by atoms with Crippen LogP contribution in [0.1, 0.15) is 11.4 Å². The predicted octanol–water partition coefficient (Wildman–Crippen LogP) is 5.08. The molecular formula is C17H10Cl2F6N4O. The van der Waals surface area contributed by atoms with E-state index in [4.69, 9.17) is 23.2 Å². The number of hydrogen-bond donors (Lipinski definition) is 1. The molecule has 1 aromatic heterocycles. The van der Waals surface area contributed by atoms with E-state index in [9.17, 15) is 31.1 Å². The minimum atomic E-state index is -5.21. The van der Waals surface area contributed by atoms with Crippen LogP contribution in [-0.4, -0.2) is 22.3 Å². The highest BCUT2D eigenvalue weighted by Gasteiger charge is 2.42. The molecule has 30 heavy (non-hydrogen) atoms. The number of hydrogen-bond acceptors (Lipinski definition) is 3. The first-order chi connectivity index (χ1) is 13.9. The van der Waals surface area contributed by atoms with Crippen molar-refractivity contribution in [1.82, 2.24) is 9.89 Å². The molecule has 0 fully saturated rings. The monoisotopic (exact) mass is 470 g/mol. The van der Waals surface area contributed by atoms with Gasteiger partial charge in [0.05, 0.1) is 12.1 Å². The number of carbonyl (C=O) groups excluding carboxylic acids is 1. The topological polar surface area (TPSA) is 50.2 Å². The second kappa shape index (κ2) is 7.88. The Bertz CT molecular complexity index is 1030. The first-order valence-electron chi connectivity index (χ1n) is 8.02. The number of nitrogens with one attached hydrogen (secondary N) is 1. The molecular weight excluding hydrogens is 461 g/mol. The SMILES string of the molecule is O=C(Nn1nc(C(F)(F)F)cc1C(F)(F)F)C1=C(Cl)N(c2ccccc2)CC(Cl)=C1. The molecule has 0 spiro atoms. The van der Waals surface area contributed by atoms with Gasteiger partial charge in [0.15, 0.2) is 11.4 Å². The van der Waals surface area contributed by atoms with Crippen molar-refractivity contribution in [2.24, 2.45) is 0 Å². The van der Waals surface area contributed by atoms with E-state index in [1.165, 1.54) is 4.90 Å². The van der Waals surface area contributed by atoms with E-state index in [0.717, 1.165) is 6.08 Å². The molecule has 0 unspecified atom stereocenters. The Morgan fingerprint density at radius 2 is 1.67 bits per heavy atom. The van der Waals surface area contributed by atoms with Gasteiger partial charge in [0, 0.05) is 16.8 Å². The summed E-state index contributed by atoms with van der Waals surface area (Å²) >= 11 is 12.3. The van der Waals surface area contributed by atoms with Crippen LogP contribution in [0.5, 0.6) is 0 Å². The van der Waals surface area contributed by atoms with Crippen molar-refractivity contribution in [1.29, 1.82) is 0 Å². The summed E-state index contributed by atoms with van der Waals surface area (Å²) in [5.74, 6) is -1.24. The highest BCUT2D eigenvalue weighted by Crippen LogP contribution is 2.35. The Morgan fingerprint density at radius 3 is 2.23 bits per heavy atom. The summed E-state index contributed by atoms with van der Waals surface area (Å²) in [7, 11) is 0. The van der Waals surface area contributed by atoms with Crippen molar-refractivity contribution in [2.75, 3.05) is 16.9 Å². The Kier molecular flexibility index (Phi) is 5.79. The Morgan fingerprint density at radius 1 is 1.03 bits per heavy atom. The van der Waals surface area contributed by atoms with Crippen molar-refractivity contribution < 1.29 is 31.1 Å². The average molecular weight is 471 g/mol. The second-order valence-corrected chi connectivity index (χ2v) is 6.82. The molecule has 0 atom stereocenters. The molecule has 1 aliphatic rings. The predicted molar refractivity (Wildman–Crippen MR) is 97.2 cm³/mol. The Labute approximate surface area is 175 Å². The lowest BCUT2D eigenvalue weighted by Crippen LogP contribution is -2.33. The molecule has 0 saturated carbocycles. The third kappa shape index (κ3) is 4.57. The maximum Gasteiger partial charge on any atom is 0.435 e. The van der Waals surface area contributed by atoms with Crippen molar-refractivity contribution in [2.45, 2.75) is 12.4 Å². The summed E-state index contributed by atoms with van der Waals surface area (Å²) in [6.07, 6.45) is -9.25. The van der Waals surface area contributed by atoms with Crippen molar-refractivity contribution in [3.05, 3.63) is 69.6 Å². The zero-order chi connectivity index (χ0) is 22.3. The van der Waals surface area contributed by atoms with Crippen molar-refractivity contribution in [3.63, 3.8) is 0 Å². The standard InChI is InChI=1S/C17H10Cl2F6N4O/c18-9-6-11(14(19)28(8-9)10-4-2-1-3-5-10)15(30)27-29-13(17(23,24)25)7-12(26-29)16(20,21)22/h1-7H,8H2,(H,27,30). The van der Waals surface area contributed by atoms with Crippen molar-refractivity contribution in [3.8, 4) is 0 Å². The molecule has 1 aromatic carbocycles. The number of nitrogens with zero attached hydrogens (tertiary/aromatic N) is 3. The van der Waals surface area contributed by atoms with Gasteiger partial charge in [-0.3, -0.25) is 4.79 Å². The van der Waals surface area contributed by atoms with Crippen LogP contribution in [0.25, 0.3) is 0 Å². The van der Waals surface area contributed by atoms with Crippen LogP contribution in [-0.2, 0) is 17.1 Å². The van der Waals surface area contributed by atoms with E-state index < -0.39 is 29.6 Å². The maximum absolute atomic E-state index is 13.1. The molecule has 3 rings (SSSR count). The van der Waals surface area contributed by atoms with Gasteiger partial charge in [-0.05, 0) is 18.2 Å². The molecule has 1 N–H and O–H groups in total. The van der Waals surface area contributed by atoms with Crippen LogP contribution in [0.2, 0.25) is 0 Å². The second-order valence-electron chi connectivity index (χ2n) is 5.98. The van der Waals surface area contributed by atoms with Crippen LogP contribution < -0.4 is 10.3 Å². The van der Waals surface area contributed by atoms with Crippen molar-refractivity contribution >= 4 is 34.8 Å². The largest absolute Gasteiger partial charge is 0.435 e. The van der Waals surface area contributed by atoms with Crippen LogP contribution in [0, 0.1) is 0 Å². The fourth-order valence-electron chi connectivity index (χ4n) is 2.56. The zero-order valence-electron chi connectivity index (χ0n) is 14.5. The number of halogens is 8. The van der Waals surface area contributed by atoms with Crippen LogP contribution in [0.15, 0.2) is 58.2 Å². The number of anilines is 1. The zero-order valence-corrected chi connectivity index (χ0v) is 16.0. The van der Waals surface area contributed by atoms with E-state index in [0.29, 0.717) is 5.69 Å². The molecule has 0 aliphatic carbocycles. The first-order valence-corrected chi connectivity index (χ1v) is 8.78. The van der Waals surface area contributed by atoms with E-state index in [1.54, 1.807) is 35.8 Å². The van der Waals surface area contributed by atoms with Gasteiger partial charge in [-0.1, -0.05) is 41.4 Å². The molecule has 160 valence electrons. The lowest BCUT2D eigenvalue weighted by atomic mass is 10.1. The first kappa shape index (κ1) is 22.0. The summed E-state index contributed by atoms with van der Waals surface area (Å²) in [6, 6.07) is 8.18. The number of carbonyl (C=O) groups is 1.